The fourth-order valence-corrected chi connectivity index (χ4v) is 2.11. The third kappa shape index (κ3) is 2.27. The van der Waals surface area contributed by atoms with Crippen LogP contribution in [0.25, 0.3) is 0 Å². The highest BCUT2D eigenvalue weighted by Gasteiger charge is 2.32. The van der Waals surface area contributed by atoms with Crippen LogP contribution in [-0.2, 0) is 4.79 Å². The van der Waals surface area contributed by atoms with Crippen LogP contribution in [-0.4, -0.2) is 18.6 Å². The zero-order chi connectivity index (χ0) is 13.1. The van der Waals surface area contributed by atoms with E-state index in [2.05, 4.69) is 0 Å². The second-order valence-corrected chi connectivity index (χ2v) is 4.46. The second-order valence-electron chi connectivity index (χ2n) is 4.02. The van der Waals surface area contributed by atoms with Crippen molar-refractivity contribution >= 4 is 23.2 Å². The molecule has 1 heterocycles. The van der Waals surface area contributed by atoms with Crippen LogP contribution in [0.2, 0.25) is 5.02 Å². The molecule has 0 radical (unpaired) electrons. The number of halogens is 1. The molecule has 4 nitrogen and oxygen atoms in total. The summed E-state index contributed by atoms with van der Waals surface area (Å²) in [6.07, 6.45) is 0.412. The van der Waals surface area contributed by atoms with E-state index >= 15 is 0 Å². The molecule has 18 heavy (non-hydrogen) atoms. The first-order valence-electron chi connectivity index (χ1n) is 5.82. The number of hydrogen-bond donors (Lipinski definition) is 0. The van der Waals surface area contributed by atoms with E-state index in [-0.39, 0.29) is 12.3 Å². The quantitative estimate of drug-likeness (QED) is 0.843. The Balaban J connectivity index is 2.39. The van der Waals surface area contributed by atoms with E-state index in [0.29, 0.717) is 29.4 Å². The summed E-state index contributed by atoms with van der Waals surface area (Å²) in [5, 5.41) is 9.21. The molecular formula is C13H13ClN2O2. The number of amides is 1. The van der Waals surface area contributed by atoms with Crippen LogP contribution in [0.15, 0.2) is 18.2 Å². The Morgan fingerprint density at radius 2 is 2.33 bits per heavy atom. The summed E-state index contributed by atoms with van der Waals surface area (Å²) in [5.74, 6) is 0.534. The number of nitriles is 1. The monoisotopic (exact) mass is 264 g/mol. The van der Waals surface area contributed by atoms with E-state index < -0.39 is 6.10 Å². The van der Waals surface area contributed by atoms with Gasteiger partial charge in [0, 0.05) is 11.6 Å². The predicted molar refractivity (Wildman–Crippen MR) is 68.7 cm³/mol. The second kappa shape index (κ2) is 5.28. The fraction of sp³-hybridized carbons (Fsp3) is 0.385. The molecule has 0 fully saturated rings. The molecule has 0 aliphatic carbocycles. The topological polar surface area (TPSA) is 53.3 Å². The van der Waals surface area contributed by atoms with Gasteiger partial charge < -0.3 is 9.64 Å². The molecule has 0 saturated carbocycles. The lowest BCUT2D eigenvalue weighted by atomic mass is 10.1. The predicted octanol–water partition coefficient (Wildman–Crippen LogP) is 2.76. The average molecular weight is 265 g/mol. The number of ether oxygens (including phenoxy) is 1. The van der Waals surface area contributed by atoms with Gasteiger partial charge in [0.2, 0.25) is 0 Å². The maximum absolute atomic E-state index is 12.2. The van der Waals surface area contributed by atoms with E-state index in [1.165, 1.54) is 0 Å². The summed E-state index contributed by atoms with van der Waals surface area (Å²) in [4.78, 5) is 13.8. The first-order chi connectivity index (χ1) is 8.67. The standard InChI is InChI=1S/C13H13ClN2O2/c1-2-11-13(17)16(7-3-6-15)10-8-9(14)4-5-12(10)18-11/h4-5,8,11H,2-3,7H2,1H3. The number of carbonyl (C=O) groups is 1. The van der Waals surface area contributed by atoms with Crippen molar-refractivity contribution in [2.24, 2.45) is 0 Å². The normalized spacial score (nSPS) is 17.9. The van der Waals surface area contributed by atoms with Crippen molar-refractivity contribution in [3.05, 3.63) is 23.2 Å². The van der Waals surface area contributed by atoms with Crippen molar-refractivity contribution < 1.29 is 9.53 Å². The van der Waals surface area contributed by atoms with Crippen molar-refractivity contribution in [2.45, 2.75) is 25.9 Å². The zero-order valence-electron chi connectivity index (χ0n) is 10.0. The summed E-state index contributed by atoms with van der Waals surface area (Å²) in [7, 11) is 0. The Labute approximate surface area is 111 Å². The molecule has 0 spiro atoms. The van der Waals surface area contributed by atoms with Crippen LogP contribution < -0.4 is 9.64 Å². The maximum atomic E-state index is 12.2. The third-order valence-electron chi connectivity index (χ3n) is 2.84. The molecule has 1 amide bonds. The molecule has 1 atom stereocenters. The lowest BCUT2D eigenvalue weighted by Gasteiger charge is -2.33. The first-order valence-corrected chi connectivity index (χ1v) is 6.19. The SMILES string of the molecule is CCC1Oc2ccc(Cl)cc2N(CCC#N)C1=O. The molecule has 0 aromatic heterocycles. The van der Waals surface area contributed by atoms with Gasteiger partial charge in [-0.15, -0.1) is 0 Å². The van der Waals surface area contributed by atoms with Gasteiger partial charge in [0.05, 0.1) is 18.2 Å². The van der Waals surface area contributed by atoms with E-state index in [1.54, 1.807) is 23.1 Å². The Morgan fingerprint density at radius 3 is 3.00 bits per heavy atom. The number of hydrogen-bond acceptors (Lipinski definition) is 3. The Morgan fingerprint density at radius 1 is 1.56 bits per heavy atom. The van der Waals surface area contributed by atoms with E-state index in [1.807, 2.05) is 13.0 Å². The minimum Gasteiger partial charge on any atom is -0.478 e. The van der Waals surface area contributed by atoms with Gasteiger partial charge in [-0.1, -0.05) is 18.5 Å². The van der Waals surface area contributed by atoms with Crippen LogP contribution in [0.5, 0.6) is 5.75 Å². The highest BCUT2D eigenvalue weighted by molar-refractivity contribution is 6.31. The zero-order valence-corrected chi connectivity index (χ0v) is 10.8. The minimum absolute atomic E-state index is 0.109. The molecule has 1 aliphatic rings. The highest BCUT2D eigenvalue weighted by atomic mass is 35.5. The Hall–Kier alpha value is -1.73. The van der Waals surface area contributed by atoms with E-state index in [9.17, 15) is 4.79 Å². The number of benzene rings is 1. The number of carbonyl (C=O) groups excluding carboxylic acids is 1. The van der Waals surface area contributed by atoms with Crippen LogP contribution in [0.4, 0.5) is 5.69 Å². The van der Waals surface area contributed by atoms with Crippen LogP contribution in [0.3, 0.4) is 0 Å². The third-order valence-corrected chi connectivity index (χ3v) is 3.08. The molecule has 94 valence electrons. The lowest BCUT2D eigenvalue weighted by Crippen LogP contribution is -2.46. The largest absolute Gasteiger partial charge is 0.478 e. The molecule has 1 unspecified atom stereocenters. The minimum atomic E-state index is -0.475. The average Bonchev–Trinajstić information content (AvgIpc) is 2.37. The van der Waals surface area contributed by atoms with Gasteiger partial charge in [-0.2, -0.15) is 5.26 Å². The van der Waals surface area contributed by atoms with Gasteiger partial charge in [-0.3, -0.25) is 4.79 Å². The molecular weight excluding hydrogens is 252 g/mol. The molecule has 0 N–H and O–H groups in total. The van der Waals surface area contributed by atoms with Crippen molar-refractivity contribution in [1.82, 2.24) is 0 Å². The van der Waals surface area contributed by atoms with Crippen molar-refractivity contribution in [2.75, 3.05) is 11.4 Å². The Bertz CT molecular complexity index is 510. The number of rotatable bonds is 3. The molecule has 1 aromatic carbocycles. The molecule has 1 aromatic rings. The molecule has 1 aliphatic heterocycles. The van der Waals surface area contributed by atoms with E-state index in [0.717, 1.165) is 0 Å². The maximum Gasteiger partial charge on any atom is 0.268 e. The summed E-state index contributed by atoms with van der Waals surface area (Å²) < 4.78 is 5.63. The smallest absolute Gasteiger partial charge is 0.268 e. The summed E-state index contributed by atoms with van der Waals surface area (Å²) in [6, 6.07) is 7.22. The first kappa shape index (κ1) is 12.7. The fourth-order valence-electron chi connectivity index (χ4n) is 1.95. The van der Waals surface area contributed by atoms with Gasteiger partial charge in [0.15, 0.2) is 6.10 Å². The van der Waals surface area contributed by atoms with Gasteiger partial charge in [-0.05, 0) is 24.6 Å². The summed E-state index contributed by atoms with van der Waals surface area (Å²) in [6.45, 7) is 2.26. The molecule has 0 bridgehead atoms. The van der Waals surface area contributed by atoms with Crippen molar-refractivity contribution in [1.29, 1.82) is 5.26 Å². The summed E-state index contributed by atoms with van der Waals surface area (Å²) in [5.41, 5.74) is 0.646. The van der Waals surface area contributed by atoms with E-state index in [4.69, 9.17) is 21.6 Å². The Kier molecular flexibility index (Phi) is 3.73. The van der Waals surface area contributed by atoms with Gasteiger partial charge in [0.1, 0.15) is 5.75 Å². The van der Waals surface area contributed by atoms with Gasteiger partial charge in [0.25, 0.3) is 5.91 Å². The molecule has 0 saturated heterocycles. The van der Waals surface area contributed by atoms with Crippen molar-refractivity contribution in [3.8, 4) is 11.8 Å². The van der Waals surface area contributed by atoms with Crippen LogP contribution in [0.1, 0.15) is 19.8 Å². The van der Waals surface area contributed by atoms with Crippen LogP contribution in [0, 0.1) is 11.3 Å². The van der Waals surface area contributed by atoms with Crippen LogP contribution >= 0.6 is 11.6 Å². The van der Waals surface area contributed by atoms with Gasteiger partial charge in [-0.25, -0.2) is 0 Å². The highest BCUT2D eigenvalue weighted by Crippen LogP contribution is 2.36. The van der Waals surface area contributed by atoms with Gasteiger partial charge >= 0.3 is 0 Å². The van der Waals surface area contributed by atoms with Crippen molar-refractivity contribution in [3.63, 3.8) is 0 Å². The lowest BCUT2D eigenvalue weighted by molar-refractivity contribution is -0.126. The molecule has 2 rings (SSSR count). The number of nitrogens with zero attached hydrogens (tertiary/aromatic N) is 2. The summed E-state index contributed by atoms with van der Waals surface area (Å²) >= 11 is 5.94. The molecule has 5 heteroatoms. The number of anilines is 1. The number of fused-ring (bicyclic) bond motifs is 1.